The van der Waals surface area contributed by atoms with Crippen LogP contribution in [-0.4, -0.2) is 63.5 Å². The summed E-state index contributed by atoms with van der Waals surface area (Å²) in [6.07, 6.45) is 3.61. The van der Waals surface area contributed by atoms with Crippen molar-refractivity contribution in [3.63, 3.8) is 0 Å². The Kier molecular flexibility index (Phi) is 9.83. The van der Waals surface area contributed by atoms with Crippen molar-refractivity contribution in [2.24, 2.45) is 0 Å². The Hall–Kier alpha value is -2.90. The summed E-state index contributed by atoms with van der Waals surface area (Å²) in [6.45, 7) is 13.7. The van der Waals surface area contributed by atoms with Crippen molar-refractivity contribution in [1.29, 1.82) is 0 Å². The van der Waals surface area contributed by atoms with Gasteiger partial charge in [0, 0.05) is 24.8 Å². The number of pyridine rings is 1. The van der Waals surface area contributed by atoms with E-state index >= 15 is 0 Å². The average molecular weight is 576 g/mol. The Morgan fingerprint density at radius 2 is 1.87 bits per heavy atom. The maximum absolute atomic E-state index is 13.3. The maximum Gasteiger partial charge on any atom is 0.410 e. The highest BCUT2D eigenvalue weighted by Crippen LogP contribution is 2.35. The van der Waals surface area contributed by atoms with Gasteiger partial charge in [0.2, 0.25) is 5.95 Å². The van der Waals surface area contributed by atoms with Crippen molar-refractivity contribution in [1.82, 2.24) is 19.4 Å². The fourth-order valence-corrected chi connectivity index (χ4v) is 5.46. The van der Waals surface area contributed by atoms with E-state index in [0.29, 0.717) is 46.1 Å². The molecule has 2 aromatic heterocycles. The van der Waals surface area contributed by atoms with E-state index in [4.69, 9.17) is 16.3 Å². The number of likely N-dealkylation sites (tertiary alicyclic amines) is 1. The van der Waals surface area contributed by atoms with Gasteiger partial charge >= 0.3 is 6.09 Å². The standard InChI is InChI=1S/C26H33ClN5O4P.C2H6/c1-26(2,3)36-25(34)31-14-7-6-9-18(16-31)32-22-19(27)10-8-11-20(22)29-24(32)30-23(33)17-12-13-28-21(15-17)37(4,5)35;1-2/h8,10-13,15,18H,6-7,9,14,16H2,1-5H3,(H,29,30,33);1-2H3. The molecule has 1 aromatic carbocycles. The minimum atomic E-state index is -2.64. The number of amides is 2. The number of carbonyl (C=O) groups is 2. The molecule has 1 fully saturated rings. The second kappa shape index (κ2) is 12.5. The van der Waals surface area contributed by atoms with Crippen LogP contribution >= 0.6 is 18.7 Å². The smallest absolute Gasteiger partial charge is 0.410 e. The Bertz CT molecular complexity index is 1380. The molecule has 39 heavy (non-hydrogen) atoms. The molecule has 1 unspecified atom stereocenters. The number of anilines is 1. The largest absolute Gasteiger partial charge is 0.444 e. The third-order valence-electron chi connectivity index (χ3n) is 6.11. The van der Waals surface area contributed by atoms with Gasteiger partial charge in [-0.25, -0.2) is 9.78 Å². The number of imidazole rings is 1. The average Bonchev–Trinajstić information content (AvgIpc) is 3.05. The van der Waals surface area contributed by atoms with Gasteiger partial charge in [0.25, 0.3) is 5.91 Å². The number of fused-ring (bicyclic) bond motifs is 1. The first kappa shape index (κ1) is 30.6. The van der Waals surface area contributed by atoms with Crippen LogP contribution in [0.15, 0.2) is 36.5 Å². The molecule has 1 N–H and O–H groups in total. The van der Waals surface area contributed by atoms with E-state index in [2.05, 4.69) is 15.3 Å². The van der Waals surface area contributed by atoms with Crippen LogP contribution in [0.5, 0.6) is 0 Å². The molecule has 0 bridgehead atoms. The zero-order chi connectivity index (χ0) is 29.0. The van der Waals surface area contributed by atoms with Gasteiger partial charge in [-0.05, 0) is 77.6 Å². The van der Waals surface area contributed by atoms with Gasteiger partial charge in [0.05, 0.1) is 22.1 Å². The lowest BCUT2D eigenvalue weighted by Gasteiger charge is -2.29. The minimum Gasteiger partial charge on any atom is -0.444 e. The second-order valence-electron chi connectivity index (χ2n) is 10.7. The van der Waals surface area contributed by atoms with Crippen molar-refractivity contribution in [3.05, 3.63) is 47.1 Å². The highest BCUT2D eigenvalue weighted by molar-refractivity contribution is 7.69. The summed E-state index contributed by atoms with van der Waals surface area (Å²) in [6, 6.07) is 8.37. The summed E-state index contributed by atoms with van der Waals surface area (Å²) in [4.78, 5) is 36.8. The van der Waals surface area contributed by atoms with Gasteiger partial charge < -0.3 is 18.8 Å². The van der Waals surface area contributed by atoms with Gasteiger partial charge in [0.1, 0.15) is 18.2 Å². The molecule has 3 heterocycles. The van der Waals surface area contributed by atoms with Gasteiger partial charge in [-0.2, -0.15) is 0 Å². The van der Waals surface area contributed by atoms with Crippen molar-refractivity contribution >= 4 is 53.2 Å². The monoisotopic (exact) mass is 575 g/mol. The number of rotatable bonds is 4. The van der Waals surface area contributed by atoms with Crippen molar-refractivity contribution < 1.29 is 18.9 Å². The first-order valence-electron chi connectivity index (χ1n) is 13.3. The van der Waals surface area contributed by atoms with Crippen molar-refractivity contribution in [2.45, 2.75) is 65.5 Å². The van der Waals surface area contributed by atoms with E-state index in [0.717, 1.165) is 19.3 Å². The molecule has 0 aliphatic carbocycles. The van der Waals surface area contributed by atoms with E-state index in [1.54, 1.807) is 36.4 Å². The molecule has 4 rings (SSSR count). The molecular formula is C28H39ClN5O4P. The summed E-state index contributed by atoms with van der Waals surface area (Å²) in [5, 5.41) is 3.43. The lowest BCUT2D eigenvalue weighted by molar-refractivity contribution is 0.0238. The van der Waals surface area contributed by atoms with Crippen LogP contribution in [0.25, 0.3) is 11.0 Å². The molecule has 1 aliphatic heterocycles. The third kappa shape index (κ3) is 7.61. The predicted molar refractivity (Wildman–Crippen MR) is 158 cm³/mol. The number of carbonyl (C=O) groups excluding carboxylic acids is 2. The van der Waals surface area contributed by atoms with Crippen LogP contribution in [0.4, 0.5) is 10.7 Å². The number of ether oxygens (including phenoxy) is 1. The van der Waals surface area contributed by atoms with Crippen LogP contribution in [-0.2, 0) is 9.30 Å². The van der Waals surface area contributed by atoms with Gasteiger partial charge in [-0.1, -0.05) is 31.5 Å². The number of hydrogen-bond acceptors (Lipinski definition) is 6. The maximum atomic E-state index is 13.3. The normalized spacial score (nSPS) is 16.2. The summed E-state index contributed by atoms with van der Waals surface area (Å²) >= 11 is 6.63. The van der Waals surface area contributed by atoms with E-state index < -0.39 is 18.7 Å². The fourth-order valence-electron chi connectivity index (χ4n) is 4.40. The zero-order valence-corrected chi connectivity index (χ0v) is 25.5. The summed E-state index contributed by atoms with van der Waals surface area (Å²) < 4.78 is 20.1. The number of halogens is 1. The van der Waals surface area contributed by atoms with Gasteiger partial charge in [0.15, 0.2) is 0 Å². The number of para-hydroxylation sites is 1. The molecule has 3 aromatic rings. The predicted octanol–water partition coefficient (Wildman–Crippen LogP) is 6.57. The molecule has 0 spiro atoms. The topological polar surface area (TPSA) is 106 Å². The first-order chi connectivity index (χ1) is 18.3. The lowest BCUT2D eigenvalue weighted by Crippen LogP contribution is -2.39. The Labute approximate surface area is 235 Å². The van der Waals surface area contributed by atoms with E-state index in [9.17, 15) is 14.2 Å². The van der Waals surface area contributed by atoms with Crippen LogP contribution in [0, 0.1) is 0 Å². The zero-order valence-electron chi connectivity index (χ0n) is 23.8. The summed E-state index contributed by atoms with van der Waals surface area (Å²) in [5.74, 6) is -0.0684. The van der Waals surface area contributed by atoms with Gasteiger partial charge in [-0.15, -0.1) is 0 Å². The van der Waals surface area contributed by atoms with Crippen molar-refractivity contribution in [2.75, 3.05) is 31.7 Å². The van der Waals surface area contributed by atoms with Crippen LogP contribution in [0.2, 0.25) is 5.02 Å². The van der Waals surface area contributed by atoms with Crippen LogP contribution in [0.1, 0.15) is 70.3 Å². The number of nitrogens with one attached hydrogen (secondary N) is 1. The number of aromatic nitrogens is 3. The number of nitrogens with zero attached hydrogens (tertiary/aromatic N) is 4. The number of hydrogen-bond donors (Lipinski definition) is 1. The molecule has 0 saturated carbocycles. The van der Waals surface area contributed by atoms with Crippen LogP contribution < -0.4 is 10.8 Å². The molecular weight excluding hydrogens is 537 g/mol. The quantitative estimate of drug-likeness (QED) is 0.352. The molecule has 212 valence electrons. The number of benzene rings is 1. The minimum absolute atomic E-state index is 0.185. The van der Waals surface area contributed by atoms with E-state index in [-0.39, 0.29) is 12.1 Å². The molecule has 11 heteroatoms. The molecule has 0 radical (unpaired) electrons. The molecule has 2 amide bonds. The molecule has 9 nitrogen and oxygen atoms in total. The second-order valence-corrected chi connectivity index (χ2v) is 14.3. The lowest BCUT2D eigenvalue weighted by atomic mass is 10.1. The SMILES string of the molecule is CC.CC(C)(C)OC(=O)N1CCCCC(n2c(NC(=O)c3ccnc(P(C)(C)=O)c3)nc3cccc(Cl)c32)C1. The summed E-state index contributed by atoms with van der Waals surface area (Å²) in [5.41, 5.74) is 1.44. The Morgan fingerprint density at radius 1 is 1.15 bits per heavy atom. The fraction of sp³-hybridized carbons (Fsp3) is 0.500. The molecule has 1 atom stereocenters. The molecule has 1 aliphatic rings. The van der Waals surface area contributed by atoms with Gasteiger partial charge in [-0.3, -0.25) is 15.1 Å². The third-order valence-corrected chi connectivity index (χ3v) is 7.76. The first-order valence-corrected chi connectivity index (χ1v) is 16.3. The molecule has 1 saturated heterocycles. The summed E-state index contributed by atoms with van der Waals surface area (Å²) in [7, 11) is -2.64. The van der Waals surface area contributed by atoms with E-state index in [1.807, 2.05) is 51.3 Å². The van der Waals surface area contributed by atoms with Crippen LogP contribution in [0.3, 0.4) is 0 Å². The van der Waals surface area contributed by atoms with Crippen molar-refractivity contribution in [3.8, 4) is 0 Å². The Balaban J connectivity index is 0.00000205. The Morgan fingerprint density at radius 3 is 2.54 bits per heavy atom. The highest BCUT2D eigenvalue weighted by Gasteiger charge is 2.30. The highest BCUT2D eigenvalue weighted by atomic mass is 35.5. The van der Waals surface area contributed by atoms with E-state index in [1.165, 1.54) is 6.20 Å².